The van der Waals surface area contributed by atoms with E-state index in [4.69, 9.17) is 0 Å². The molecule has 2 unspecified atom stereocenters. The number of anilines is 1. The van der Waals surface area contributed by atoms with Crippen molar-refractivity contribution in [2.45, 2.75) is 43.4 Å². The van der Waals surface area contributed by atoms with Gasteiger partial charge < -0.3 is 5.32 Å². The van der Waals surface area contributed by atoms with Gasteiger partial charge in [-0.1, -0.05) is 43.8 Å². The third kappa shape index (κ3) is 4.02. The van der Waals surface area contributed by atoms with Gasteiger partial charge in [0.05, 0.1) is 5.25 Å². The minimum atomic E-state index is -0.247. The van der Waals surface area contributed by atoms with Crippen molar-refractivity contribution in [3.05, 3.63) is 47.6 Å². The van der Waals surface area contributed by atoms with Gasteiger partial charge in [-0.25, -0.2) is 9.97 Å². The number of amides is 1. The number of benzene rings is 1. The van der Waals surface area contributed by atoms with Crippen LogP contribution in [-0.4, -0.2) is 21.1 Å². The Morgan fingerprint density at radius 1 is 1.24 bits per heavy atom. The topological polar surface area (TPSA) is 54.9 Å². The van der Waals surface area contributed by atoms with E-state index < -0.39 is 0 Å². The third-order valence-corrected chi connectivity index (χ3v) is 6.18. The average molecular weight is 372 g/mol. The van der Waals surface area contributed by atoms with Gasteiger partial charge in [-0.15, -0.1) is 11.3 Å². The first-order valence-electron chi connectivity index (χ1n) is 8.34. The number of thiophene rings is 1. The summed E-state index contributed by atoms with van der Waals surface area (Å²) in [5.41, 5.74) is 2.08. The zero-order chi connectivity index (χ0) is 17.8. The summed E-state index contributed by atoms with van der Waals surface area (Å²) in [6.45, 7) is 6.24. The molecule has 2 atom stereocenters. The fourth-order valence-corrected chi connectivity index (χ4v) is 4.27. The van der Waals surface area contributed by atoms with Crippen LogP contribution in [-0.2, 0) is 4.79 Å². The second kappa shape index (κ2) is 7.97. The van der Waals surface area contributed by atoms with Crippen LogP contribution in [0.2, 0.25) is 0 Å². The Balaban J connectivity index is 1.75. The van der Waals surface area contributed by atoms with Crippen molar-refractivity contribution in [3.63, 3.8) is 0 Å². The molecule has 0 aliphatic carbocycles. The van der Waals surface area contributed by atoms with E-state index in [0.717, 1.165) is 27.4 Å². The molecule has 0 bridgehead atoms. The van der Waals surface area contributed by atoms with E-state index in [0.29, 0.717) is 5.92 Å². The first kappa shape index (κ1) is 17.9. The zero-order valence-corrected chi connectivity index (χ0v) is 16.2. The molecule has 2 heterocycles. The van der Waals surface area contributed by atoms with Crippen LogP contribution in [0.1, 0.15) is 38.7 Å². The van der Waals surface area contributed by atoms with Crippen molar-refractivity contribution in [2.24, 2.45) is 0 Å². The van der Waals surface area contributed by atoms with Gasteiger partial charge >= 0.3 is 0 Å². The van der Waals surface area contributed by atoms with Gasteiger partial charge in [0.25, 0.3) is 0 Å². The number of hydrogen-bond donors (Lipinski definition) is 1. The Hall–Kier alpha value is -1.92. The highest BCUT2D eigenvalue weighted by atomic mass is 32.2. The molecule has 3 rings (SSSR count). The first-order chi connectivity index (χ1) is 12.1. The summed E-state index contributed by atoms with van der Waals surface area (Å²) in [7, 11) is 0. The van der Waals surface area contributed by atoms with Crippen LogP contribution in [0.25, 0.3) is 10.2 Å². The minimum absolute atomic E-state index is 0.0113. The summed E-state index contributed by atoms with van der Waals surface area (Å²) in [5.74, 6) is 0.398. The van der Waals surface area contributed by atoms with Crippen LogP contribution >= 0.6 is 23.1 Å². The summed E-state index contributed by atoms with van der Waals surface area (Å²) in [5, 5.41) is 6.70. The Kier molecular flexibility index (Phi) is 5.71. The summed E-state index contributed by atoms with van der Waals surface area (Å²) < 4.78 is 0. The van der Waals surface area contributed by atoms with Crippen LogP contribution in [0.15, 0.2) is 47.1 Å². The predicted octanol–water partition coefficient (Wildman–Crippen LogP) is 5.32. The van der Waals surface area contributed by atoms with E-state index in [2.05, 4.69) is 35.2 Å². The van der Waals surface area contributed by atoms with Gasteiger partial charge in [0, 0.05) is 11.1 Å². The maximum Gasteiger partial charge on any atom is 0.237 e. The quantitative estimate of drug-likeness (QED) is 0.470. The molecule has 4 nitrogen and oxygen atoms in total. The molecule has 25 heavy (non-hydrogen) atoms. The van der Waals surface area contributed by atoms with E-state index in [1.807, 2.05) is 36.6 Å². The molecule has 0 radical (unpaired) electrons. The summed E-state index contributed by atoms with van der Waals surface area (Å²) >= 11 is 3.05. The number of nitrogens with zero attached hydrogens (tertiary/aromatic N) is 2. The zero-order valence-electron chi connectivity index (χ0n) is 14.5. The fourth-order valence-electron chi connectivity index (χ4n) is 2.58. The highest BCUT2D eigenvalue weighted by Gasteiger charge is 2.19. The van der Waals surface area contributed by atoms with Gasteiger partial charge in [-0.2, -0.15) is 0 Å². The number of aromatic nitrogens is 2. The summed E-state index contributed by atoms with van der Waals surface area (Å²) in [6.07, 6.45) is 2.60. The third-order valence-electron chi connectivity index (χ3n) is 4.24. The molecular weight excluding hydrogens is 350 g/mol. The SMILES string of the molecule is CCC(C)c1ccccc1NC(=O)C(C)Sc1ncnc2sccc12. The van der Waals surface area contributed by atoms with E-state index in [9.17, 15) is 4.79 Å². The summed E-state index contributed by atoms with van der Waals surface area (Å²) in [6, 6.07) is 10.0. The fraction of sp³-hybridized carbons (Fsp3) is 0.316. The van der Waals surface area contributed by atoms with E-state index in [-0.39, 0.29) is 11.2 Å². The van der Waals surface area contributed by atoms with Crippen molar-refractivity contribution in [1.29, 1.82) is 0 Å². The van der Waals surface area contributed by atoms with Crippen molar-refractivity contribution in [1.82, 2.24) is 9.97 Å². The highest BCUT2D eigenvalue weighted by Crippen LogP contribution is 2.31. The molecule has 0 spiro atoms. The second-order valence-corrected chi connectivity index (χ2v) is 8.19. The molecule has 6 heteroatoms. The van der Waals surface area contributed by atoms with Crippen LogP contribution in [0.4, 0.5) is 5.69 Å². The molecule has 3 aromatic rings. The summed E-state index contributed by atoms with van der Waals surface area (Å²) in [4.78, 5) is 22.2. The lowest BCUT2D eigenvalue weighted by atomic mass is 9.97. The number of carbonyl (C=O) groups excluding carboxylic acids is 1. The maximum absolute atomic E-state index is 12.7. The molecule has 0 aliphatic heterocycles. The molecule has 2 aromatic heterocycles. The van der Waals surface area contributed by atoms with Crippen LogP contribution in [0, 0.1) is 0 Å². The molecule has 0 saturated heterocycles. The van der Waals surface area contributed by atoms with Crippen molar-refractivity contribution < 1.29 is 4.79 Å². The molecule has 0 aliphatic rings. The van der Waals surface area contributed by atoms with Gasteiger partial charge in [0.15, 0.2) is 0 Å². The maximum atomic E-state index is 12.7. The molecule has 130 valence electrons. The predicted molar refractivity (Wildman–Crippen MR) is 107 cm³/mol. The molecule has 1 amide bonds. The molecule has 0 fully saturated rings. The van der Waals surface area contributed by atoms with Gasteiger partial charge in [0.1, 0.15) is 16.2 Å². The molecule has 0 saturated carbocycles. The number of rotatable bonds is 6. The Morgan fingerprint density at radius 3 is 2.84 bits per heavy atom. The Bertz CT molecular complexity index is 878. The second-order valence-electron chi connectivity index (χ2n) is 5.96. The molecule has 1 N–H and O–H groups in total. The Labute approximate surface area is 156 Å². The molecular formula is C19H21N3OS2. The number of nitrogens with one attached hydrogen (secondary N) is 1. The lowest BCUT2D eigenvalue weighted by Gasteiger charge is -2.17. The van der Waals surface area contributed by atoms with Crippen LogP contribution in [0.3, 0.4) is 0 Å². The number of carbonyl (C=O) groups is 1. The lowest BCUT2D eigenvalue weighted by molar-refractivity contribution is -0.115. The first-order valence-corrected chi connectivity index (χ1v) is 10.1. The number of thioether (sulfide) groups is 1. The largest absolute Gasteiger partial charge is 0.325 e. The molecule has 1 aromatic carbocycles. The normalized spacial score (nSPS) is 13.6. The number of hydrogen-bond acceptors (Lipinski definition) is 5. The van der Waals surface area contributed by atoms with Crippen molar-refractivity contribution in [3.8, 4) is 0 Å². The van der Waals surface area contributed by atoms with Crippen molar-refractivity contribution >= 4 is 44.9 Å². The van der Waals surface area contributed by atoms with Gasteiger partial charge in [-0.05, 0) is 42.3 Å². The minimum Gasteiger partial charge on any atom is -0.325 e. The van der Waals surface area contributed by atoms with E-state index in [1.165, 1.54) is 17.3 Å². The lowest BCUT2D eigenvalue weighted by Crippen LogP contribution is -2.23. The average Bonchev–Trinajstić information content (AvgIpc) is 3.11. The van der Waals surface area contributed by atoms with Gasteiger partial charge in [0.2, 0.25) is 5.91 Å². The Morgan fingerprint density at radius 2 is 2.04 bits per heavy atom. The smallest absolute Gasteiger partial charge is 0.237 e. The number of para-hydroxylation sites is 1. The van der Waals surface area contributed by atoms with Gasteiger partial charge in [-0.3, -0.25) is 4.79 Å². The monoisotopic (exact) mass is 371 g/mol. The van der Waals surface area contributed by atoms with Crippen LogP contribution in [0.5, 0.6) is 0 Å². The highest BCUT2D eigenvalue weighted by molar-refractivity contribution is 8.00. The van der Waals surface area contributed by atoms with Crippen molar-refractivity contribution in [2.75, 3.05) is 5.32 Å². The van der Waals surface area contributed by atoms with E-state index in [1.54, 1.807) is 17.7 Å². The van der Waals surface area contributed by atoms with Crippen LogP contribution < -0.4 is 5.32 Å². The van der Waals surface area contributed by atoms with E-state index >= 15 is 0 Å². The standard InChI is InChI=1S/C19H21N3OS2/c1-4-12(2)14-7-5-6-8-16(14)22-17(23)13(3)25-19-15-9-10-24-18(15)20-11-21-19/h5-13H,4H2,1-3H3,(H,22,23). The number of fused-ring (bicyclic) bond motifs is 1.